The fourth-order valence-corrected chi connectivity index (χ4v) is 3.44. The van der Waals surface area contributed by atoms with E-state index in [1.807, 2.05) is 0 Å². The van der Waals surface area contributed by atoms with E-state index in [9.17, 15) is 19.3 Å². The molecule has 1 saturated carbocycles. The van der Waals surface area contributed by atoms with Crippen molar-refractivity contribution in [2.75, 3.05) is 13.1 Å². The fourth-order valence-electron chi connectivity index (χ4n) is 3.44. The number of hydrogen-bond acceptors (Lipinski definition) is 5. The molecule has 0 radical (unpaired) electrons. The smallest absolute Gasteiger partial charge is 0.410 e. The number of nitro benzene ring substituents is 1. The number of aryl methyl sites for hydroxylation is 1. The number of ether oxygens (including phenoxy) is 2. The van der Waals surface area contributed by atoms with E-state index in [1.54, 1.807) is 33.8 Å². The summed E-state index contributed by atoms with van der Waals surface area (Å²) < 4.78 is 26.0. The Hall–Kier alpha value is -2.38. The van der Waals surface area contributed by atoms with Crippen molar-refractivity contribution in [3.05, 3.63) is 33.4 Å². The van der Waals surface area contributed by atoms with Gasteiger partial charge in [-0.2, -0.15) is 0 Å². The molecular weight excluding hydrogens is 367 g/mol. The van der Waals surface area contributed by atoms with E-state index in [2.05, 4.69) is 0 Å². The predicted octanol–water partition coefficient (Wildman–Crippen LogP) is 4.51. The summed E-state index contributed by atoms with van der Waals surface area (Å²) >= 11 is 0. The zero-order chi connectivity index (χ0) is 20.6. The van der Waals surface area contributed by atoms with Crippen molar-refractivity contribution >= 4 is 11.8 Å². The largest absolute Gasteiger partial charge is 0.483 e. The third kappa shape index (κ3) is 4.72. The van der Waals surface area contributed by atoms with Crippen molar-refractivity contribution in [1.29, 1.82) is 0 Å². The number of carbonyl (C=O) groups excluding carboxylic acids is 1. The highest BCUT2D eigenvalue weighted by Crippen LogP contribution is 2.40. The van der Waals surface area contributed by atoms with Gasteiger partial charge in [-0.15, -0.1) is 0 Å². The second kappa shape index (κ2) is 7.56. The summed E-state index contributed by atoms with van der Waals surface area (Å²) in [6, 6.07) is 3.08. The molecule has 1 aliphatic carbocycles. The number of likely N-dealkylation sites (tertiary alicyclic amines) is 1. The van der Waals surface area contributed by atoms with E-state index in [1.165, 1.54) is 11.0 Å². The first kappa shape index (κ1) is 20.4. The molecule has 3 rings (SSSR count). The highest BCUT2D eigenvalue weighted by molar-refractivity contribution is 5.68. The maximum atomic E-state index is 15.0. The van der Waals surface area contributed by atoms with Gasteiger partial charge >= 0.3 is 11.8 Å². The normalized spacial score (nSPS) is 22.7. The topological polar surface area (TPSA) is 81.9 Å². The van der Waals surface area contributed by atoms with Crippen LogP contribution in [0, 0.1) is 17.0 Å². The van der Waals surface area contributed by atoms with Gasteiger partial charge in [0.05, 0.1) is 17.6 Å². The van der Waals surface area contributed by atoms with Gasteiger partial charge in [0, 0.05) is 18.5 Å². The molecular formula is C20H27FN2O5. The van der Waals surface area contributed by atoms with Crippen molar-refractivity contribution in [2.24, 2.45) is 0 Å². The summed E-state index contributed by atoms with van der Waals surface area (Å²) in [5, 5.41) is 11.4. The minimum Gasteiger partial charge on any atom is -0.483 e. The third-order valence-corrected chi connectivity index (χ3v) is 4.95. The zero-order valence-electron chi connectivity index (χ0n) is 16.7. The van der Waals surface area contributed by atoms with Crippen LogP contribution in [0.2, 0.25) is 0 Å². The number of nitrogens with zero attached hydrogens (tertiary/aromatic N) is 2. The monoisotopic (exact) mass is 394 g/mol. The average molecular weight is 394 g/mol. The highest BCUT2D eigenvalue weighted by atomic mass is 19.1. The number of benzene rings is 1. The molecule has 1 aromatic carbocycles. The number of amides is 1. The van der Waals surface area contributed by atoms with E-state index in [0.717, 1.165) is 12.8 Å². The standard InChI is InChI=1S/C20H27FN2O5/c1-12-9-17(23(25)26)18(27-13-5-6-13)10-15(12)14-7-8-22(11-16(14)21)19(24)28-20(2,3)4/h9-10,13-14,16H,5-8,11H2,1-4H3. The highest BCUT2D eigenvalue weighted by Gasteiger charge is 2.36. The molecule has 8 heteroatoms. The number of alkyl halides is 1. The van der Waals surface area contributed by atoms with E-state index >= 15 is 0 Å². The summed E-state index contributed by atoms with van der Waals surface area (Å²) in [5.74, 6) is -0.240. The van der Waals surface area contributed by atoms with E-state index in [4.69, 9.17) is 9.47 Å². The van der Waals surface area contributed by atoms with Crippen LogP contribution in [0.25, 0.3) is 0 Å². The van der Waals surface area contributed by atoms with Gasteiger partial charge in [0.2, 0.25) is 0 Å². The molecule has 7 nitrogen and oxygen atoms in total. The Morgan fingerprint density at radius 3 is 2.50 bits per heavy atom. The molecule has 2 fully saturated rings. The molecule has 0 aromatic heterocycles. The summed E-state index contributed by atoms with van der Waals surface area (Å²) in [4.78, 5) is 24.5. The summed E-state index contributed by atoms with van der Waals surface area (Å²) in [6.07, 6.45) is 0.370. The van der Waals surface area contributed by atoms with Crippen LogP contribution in [0.15, 0.2) is 12.1 Å². The lowest BCUT2D eigenvalue weighted by Crippen LogP contribution is -2.46. The van der Waals surface area contributed by atoms with E-state index in [0.29, 0.717) is 24.1 Å². The first-order valence-corrected chi connectivity index (χ1v) is 9.62. The fraction of sp³-hybridized carbons (Fsp3) is 0.650. The van der Waals surface area contributed by atoms with Crippen molar-refractivity contribution < 1.29 is 23.6 Å². The molecule has 1 aromatic rings. The lowest BCUT2D eigenvalue weighted by atomic mass is 9.85. The Morgan fingerprint density at radius 2 is 1.96 bits per heavy atom. The van der Waals surface area contributed by atoms with Crippen molar-refractivity contribution in [3.8, 4) is 5.75 Å². The quantitative estimate of drug-likeness (QED) is 0.554. The number of halogens is 1. The van der Waals surface area contributed by atoms with E-state index < -0.39 is 28.7 Å². The van der Waals surface area contributed by atoms with Gasteiger partial charge < -0.3 is 14.4 Å². The van der Waals surface area contributed by atoms with Gasteiger partial charge in [-0.25, -0.2) is 9.18 Å². The Kier molecular flexibility index (Phi) is 5.50. The van der Waals surface area contributed by atoms with Crippen LogP contribution in [0.4, 0.5) is 14.9 Å². The lowest BCUT2D eigenvalue weighted by Gasteiger charge is -2.36. The SMILES string of the molecule is Cc1cc([N+](=O)[O-])c(OC2CC2)cc1C1CCN(C(=O)OC(C)(C)C)CC1F. The number of nitro groups is 1. The van der Waals surface area contributed by atoms with E-state index in [-0.39, 0.29) is 24.1 Å². The first-order valence-electron chi connectivity index (χ1n) is 9.62. The van der Waals surface area contributed by atoms with Crippen LogP contribution in [-0.4, -0.2) is 46.9 Å². The molecule has 1 amide bonds. The Balaban J connectivity index is 1.78. The average Bonchev–Trinajstić information content (AvgIpc) is 3.38. The van der Waals surface area contributed by atoms with Gasteiger partial charge in [0.15, 0.2) is 5.75 Å². The van der Waals surface area contributed by atoms with Crippen LogP contribution in [0.3, 0.4) is 0 Å². The maximum Gasteiger partial charge on any atom is 0.410 e. The molecule has 1 saturated heterocycles. The molecule has 2 atom stereocenters. The number of hydrogen-bond donors (Lipinski definition) is 0. The van der Waals surface area contributed by atoms with Gasteiger partial charge in [-0.3, -0.25) is 10.1 Å². The predicted molar refractivity (Wildman–Crippen MR) is 102 cm³/mol. The van der Waals surface area contributed by atoms with Gasteiger partial charge in [-0.05, 0) is 64.2 Å². The Bertz CT molecular complexity index is 773. The molecule has 0 spiro atoms. The molecule has 2 aliphatic rings. The minimum atomic E-state index is -1.28. The zero-order valence-corrected chi connectivity index (χ0v) is 16.7. The van der Waals surface area contributed by atoms with Crippen LogP contribution in [-0.2, 0) is 4.74 Å². The molecule has 2 unspecified atom stereocenters. The molecule has 0 N–H and O–H groups in total. The summed E-state index contributed by atoms with van der Waals surface area (Å²) in [6.45, 7) is 7.37. The second-order valence-corrected chi connectivity index (χ2v) is 8.59. The van der Waals surface area contributed by atoms with Gasteiger partial charge in [0.25, 0.3) is 0 Å². The number of rotatable bonds is 4. The second-order valence-electron chi connectivity index (χ2n) is 8.59. The van der Waals surface area contributed by atoms with Crippen molar-refractivity contribution in [3.63, 3.8) is 0 Å². The summed E-state index contributed by atoms with van der Waals surface area (Å²) in [5.41, 5.74) is 0.643. The molecule has 28 heavy (non-hydrogen) atoms. The summed E-state index contributed by atoms with van der Waals surface area (Å²) in [7, 11) is 0. The first-order chi connectivity index (χ1) is 13.0. The van der Waals surface area contributed by atoms with Gasteiger partial charge in [-0.1, -0.05) is 0 Å². The van der Waals surface area contributed by atoms with Crippen molar-refractivity contribution in [2.45, 2.75) is 70.8 Å². The minimum absolute atomic E-state index is 0.00412. The maximum absolute atomic E-state index is 15.0. The van der Waals surface area contributed by atoms with Crippen LogP contribution in [0.1, 0.15) is 57.1 Å². The van der Waals surface area contributed by atoms with Crippen molar-refractivity contribution in [1.82, 2.24) is 4.90 Å². The third-order valence-electron chi connectivity index (χ3n) is 4.95. The number of piperidine rings is 1. The Morgan fingerprint density at radius 1 is 1.29 bits per heavy atom. The lowest BCUT2D eigenvalue weighted by molar-refractivity contribution is -0.386. The molecule has 1 aliphatic heterocycles. The molecule has 1 heterocycles. The number of carbonyl (C=O) groups is 1. The molecule has 0 bridgehead atoms. The van der Waals surface area contributed by atoms with Crippen LogP contribution >= 0.6 is 0 Å². The van der Waals surface area contributed by atoms with Crippen LogP contribution < -0.4 is 4.74 Å². The molecule has 154 valence electrons. The Labute approximate surface area is 163 Å². The van der Waals surface area contributed by atoms with Gasteiger partial charge in [0.1, 0.15) is 11.8 Å². The van der Waals surface area contributed by atoms with Crippen LogP contribution in [0.5, 0.6) is 5.75 Å².